The molecule has 2 unspecified atom stereocenters. The zero-order chi connectivity index (χ0) is 13.9. The zero-order valence-corrected chi connectivity index (χ0v) is 12.8. The summed E-state index contributed by atoms with van der Waals surface area (Å²) in [6, 6.07) is 6.18. The molecule has 0 bridgehead atoms. The SMILES string of the molecule is O=S(=O)(NCC1CCCC1CCl)c1ccc(Cl)cc1. The topological polar surface area (TPSA) is 46.2 Å². The zero-order valence-electron chi connectivity index (χ0n) is 10.5. The minimum absolute atomic E-state index is 0.248. The molecule has 0 aromatic heterocycles. The highest BCUT2D eigenvalue weighted by Crippen LogP contribution is 2.32. The van der Waals surface area contributed by atoms with Crippen LogP contribution in [0.15, 0.2) is 29.2 Å². The van der Waals surface area contributed by atoms with Gasteiger partial charge in [0.2, 0.25) is 10.0 Å². The molecule has 3 nitrogen and oxygen atoms in total. The van der Waals surface area contributed by atoms with Crippen LogP contribution in [0.2, 0.25) is 5.02 Å². The first-order valence-electron chi connectivity index (χ1n) is 6.34. The van der Waals surface area contributed by atoms with Crippen molar-refractivity contribution < 1.29 is 8.42 Å². The van der Waals surface area contributed by atoms with E-state index in [9.17, 15) is 8.42 Å². The Morgan fingerprint density at radius 1 is 1.16 bits per heavy atom. The third-order valence-electron chi connectivity index (χ3n) is 3.67. The average Bonchev–Trinajstić information content (AvgIpc) is 2.84. The van der Waals surface area contributed by atoms with Crippen LogP contribution in [0, 0.1) is 11.8 Å². The van der Waals surface area contributed by atoms with Gasteiger partial charge in [-0.2, -0.15) is 0 Å². The summed E-state index contributed by atoms with van der Waals surface area (Å²) in [5.41, 5.74) is 0. The van der Waals surface area contributed by atoms with Crippen LogP contribution in [-0.2, 0) is 10.0 Å². The second-order valence-electron chi connectivity index (χ2n) is 4.91. The van der Waals surface area contributed by atoms with Crippen LogP contribution < -0.4 is 4.72 Å². The predicted octanol–water partition coefficient (Wildman–Crippen LogP) is 3.27. The maximum Gasteiger partial charge on any atom is 0.240 e. The predicted molar refractivity (Wildman–Crippen MR) is 78.2 cm³/mol. The van der Waals surface area contributed by atoms with E-state index in [2.05, 4.69) is 4.72 Å². The van der Waals surface area contributed by atoms with Gasteiger partial charge in [0.25, 0.3) is 0 Å². The van der Waals surface area contributed by atoms with Gasteiger partial charge in [-0.3, -0.25) is 0 Å². The Hall–Kier alpha value is -0.290. The molecule has 0 heterocycles. The van der Waals surface area contributed by atoms with E-state index in [1.807, 2.05) is 0 Å². The summed E-state index contributed by atoms with van der Waals surface area (Å²) >= 11 is 11.6. The average molecular weight is 322 g/mol. The number of hydrogen-bond donors (Lipinski definition) is 1. The number of sulfonamides is 1. The number of benzene rings is 1. The molecule has 6 heteroatoms. The Labute approximate surface area is 124 Å². The van der Waals surface area contributed by atoms with E-state index in [1.54, 1.807) is 12.1 Å². The van der Waals surface area contributed by atoms with Crippen molar-refractivity contribution in [2.75, 3.05) is 12.4 Å². The van der Waals surface area contributed by atoms with E-state index in [1.165, 1.54) is 12.1 Å². The molecule has 0 spiro atoms. The van der Waals surface area contributed by atoms with Gasteiger partial charge < -0.3 is 0 Å². The molecule has 2 rings (SSSR count). The second kappa shape index (κ2) is 6.44. The van der Waals surface area contributed by atoms with Crippen LogP contribution in [0.25, 0.3) is 0 Å². The molecule has 106 valence electrons. The lowest BCUT2D eigenvalue weighted by Gasteiger charge is -2.17. The lowest BCUT2D eigenvalue weighted by atomic mass is 9.98. The van der Waals surface area contributed by atoms with Gasteiger partial charge in [-0.05, 0) is 48.9 Å². The Morgan fingerprint density at radius 2 is 1.79 bits per heavy atom. The fourth-order valence-corrected chi connectivity index (χ4v) is 4.13. The van der Waals surface area contributed by atoms with E-state index in [-0.39, 0.29) is 4.90 Å². The Balaban J connectivity index is 2.00. The molecule has 1 aliphatic rings. The summed E-state index contributed by atoms with van der Waals surface area (Å²) in [6.45, 7) is 0.461. The largest absolute Gasteiger partial charge is 0.240 e. The van der Waals surface area contributed by atoms with Crippen molar-refractivity contribution in [3.8, 4) is 0 Å². The maximum atomic E-state index is 12.1. The first-order chi connectivity index (χ1) is 9.03. The smallest absolute Gasteiger partial charge is 0.211 e. The molecule has 0 radical (unpaired) electrons. The summed E-state index contributed by atoms with van der Waals surface area (Å²) in [7, 11) is -3.45. The summed E-state index contributed by atoms with van der Waals surface area (Å²) in [6.07, 6.45) is 3.27. The number of halogens is 2. The van der Waals surface area contributed by atoms with Gasteiger partial charge in [0.1, 0.15) is 0 Å². The van der Waals surface area contributed by atoms with Gasteiger partial charge >= 0.3 is 0 Å². The standard InChI is InChI=1S/C13H17Cl2NO2S/c14-8-10-2-1-3-11(10)9-16-19(17,18)13-6-4-12(15)5-7-13/h4-7,10-11,16H,1-3,8-9H2. The summed E-state index contributed by atoms with van der Waals surface area (Å²) in [4.78, 5) is 0.248. The van der Waals surface area contributed by atoms with Gasteiger partial charge in [0.15, 0.2) is 0 Å². The molecule has 0 saturated heterocycles. The maximum absolute atomic E-state index is 12.1. The van der Waals surface area contributed by atoms with Gasteiger partial charge in [-0.15, -0.1) is 11.6 Å². The number of nitrogens with one attached hydrogen (secondary N) is 1. The van der Waals surface area contributed by atoms with Crippen molar-refractivity contribution in [1.82, 2.24) is 4.72 Å². The molecule has 0 aliphatic heterocycles. The van der Waals surface area contributed by atoms with Crippen LogP contribution in [0.4, 0.5) is 0 Å². The molecule has 1 saturated carbocycles. The fourth-order valence-electron chi connectivity index (χ4n) is 2.50. The highest BCUT2D eigenvalue weighted by atomic mass is 35.5. The Bertz CT molecular complexity index is 516. The van der Waals surface area contributed by atoms with Crippen molar-refractivity contribution >= 4 is 33.2 Å². The number of hydrogen-bond acceptors (Lipinski definition) is 2. The highest BCUT2D eigenvalue weighted by Gasteiger charge is 2.27. The van der Waals surface area contributed by atoms with E-state index in [0.717, 1.165) is 19.3 Å². The van der Waals surface area contributed by atoms with Crippen LogP contribution in [-0.4, -0.2) is 20.8 Å². The minimum atomic E-state index is -3.45. The van der Waals surface area contributed by atoms with Crippen molar-refractivity contribution in [1.29, 1.82) is 0 Å². The minimum Gasteiger partial charge on any atom is -0.211 e. The van der Waals surface area contributed by atoms with Crippen molar-refractivity contribution in [3.05, 3.63) is 29.3 Å². The third kappa shape index (κ3) is 3.85. The highest BCUT2D eigenvalue weighted by molar-refractivity contribution is 7.89. The molecule has 1 aliphatic carbocycles. The summed E-state index contributed by atoms with van der Waals surface area (Å²) in [5, 5.41) is 0.525. The van der Waals surface area contributed by atoms with Crippen molar-refractivity contribution in [3.63, 3.8) is 0 Å². The van der Waals surface area contributed by atoms with Crippen LogP contribution in [0.5, 0.6) is 0 Å². The molecule has 19 heavy (non-hydrogen) atoms. The van der Waals surface area contributed by atoms with Crippen LogP contribution in [0.3, 0.4) is 0 Å². The summed E-state index contributed by atoms with van der Waals surface area (Å²) < 4.78 is 26.9. The van der Waals surface area contributed by atoms with Gasteiger partial charge in [-0.25, -0.2) is 13.1 Å². The molecule has 2 atom stereocenters. The van der Waals surface area contributed by atoms with E-state index < -0.39 is 10.0 Å². The van der Waals surface area contributed by atoms with Gasteiger partial charge in [0.05, 0.1) is 4.90 Å². The van der Waals surface area contributed by atoms with Crippen LogP contribution >= 0.6 is 23.2 Å². The first-order valence-corrected chi connectivity index (χ1v) is 8.73. The Morgan fingerprint density at radius 3 is 2.42 bits per heavy atom. The van der Waals surface area contributed by atoms with Gasteiger partial charge in [-0.1, -0.05) is 18.0 Å². The van der Waals surface area contributed by atoms with E-state index >= 15 is 0 Å². The lowest BCUT2D eigenvalue weighted by Crippen LogP contribution is -2.31. The van der Waals surface area contributed by atoms with E-state index in [4.69, 9.17) is 23.2 Å². The second-order valence-corrected chi connectivity index (χ2v) is 7.42. The molecule has 1 fully saturated rings. The molecule has 1 aromatic rings. The third-order valence-corrected chi connectivity index (χ3v) is 5.76. The fraction of sp³-hybridized carbons (Fsp3) is 0.538. The van der Waals surface area contributed by atoms with Crippen molar-refractivity contribution in [2.45, 2.75) is 24.2 Å². The molecular formula is C13H17Cl2NO2S. The summed E-state index contributed by atoms with van der Waals surface area (Å²) in [5.74, 6) is 1.38. The van der Waals surface area contributed by atoms with Crippen molar-refractivity contribution in [2.24, 2.45) is 11.8 Å². The van der Waals surface area contributed by atoms with Gasteiger partial charge in [0, 0.05) is 17.4 Å². The number of alkyl halides is 1. The normalized spacial score (nSPS) is 23.7. The first kappa shape index (κ1) is 15.1. The molecule has 1 N–H and O–H groups in total. The lowest BCUT2D eigenvalue weighted by molar-refractivity contribution is 0.418. The number of rotatable bonds is 5. The monoisotopic (exact) mass is 321 g/mol. The molecular weight excluding hydrogens is 305 g/mol. The van der Waals surface area contributed by atoms with Crippen LogP contribution in [0.1, 0.15) is 19.3 Å². The molecule has 1 aromatic carbocycles. The Kier molecular flexibility index (Phi) is 5.12. The van der Waals surface area contributed by atoms with E-state index in [0.29, 0.717) is 29.3 Å². The quantitative estimate of drug-likeness (QED) is 0.846. The molecule has 0 amide bonds.